The Kier molecular flexibility index (Phi) is 20.2. The van der Waals surface area contributed by atoms with Gasteiger partial charge >= 0.3 is 0 Å². The Morgan fingerprint density at radius 3 is 1.92 bits per heavy atom. The Morgan fingerprint density at radius 2 is 1.37 bits per heavy atom. The third-order valence-electron chi connectivity index (χ3n) is 12.1. The molecule has 2 aliphatic rings. The number of aliphatic hydroxyl groups is 2. The third kappa shape index (κ3) is 14.5. The zero-order valence-electron chi connectivity index (χ0n) is 31.8. The number of aryl methyl sites for hydroxylation is 2. The van der Waals surface area contributed by atoms with Crippen molar-refractivity contribution in [1.82, 2.24) is 0 Å². The fourth-order valence-corrected chi connectivity index (χ4v) is 8.72. The van der Waals surface area contributed by atoms with Crippen molar-refractivity contribution >= 4 is 6.29 Å². The van der Waals surface area contributed by atoms with Crippen LogP contribution >= 0.6 is 0 Å². The normalized spacial score (nSPS) is 20.9. The van der Waals surface area contributed by atoms with Crippen LogP contribution in [0, 0.1) is 23.7 Å². The summed E-state index contributed by atoms with van der Waals surface area (Å²) in [5.74, 6) is 4.21. The van der Waals surface area contributed by atoms with Crippen LogP contribution in [0.2, 0.25) is 0 Å². The average Bonchev–Trinajstić information content (AvgIpc) is 3.15. The molecule has 0 aromatic heterocycles. The van der Waals surface area contributed by atoms with Gasteiger partial charge in [-0.25, -0.2) is 0 Å². The van der Waals surface area contributed by atoms with Crippen molar-refractivity contribution in [2.75, 3.05) is 13.2 Å². The summed E-state index contributed by atoms with van der Waals surface area (Å²) >= 11 is 0. The second-order valence-corrected chi connectivity index (χ2v) is 15.5. The van der Waals surface area contributed by atoms with Gasteiger partial charge in [0, 0.05) is 13.2 Å². The molecule has 0 aliphatic heterocycles. The maximum atomic E-state index is 9.64. The van der Waals surface area contributed by atoms with Crippen molar-refractivity contribution in [3.8, 4) is 11.1 Å². The van der Waals surface area contributed by atoms with E-state index in [1.807, 2.05) is 6.92 Å². The maximum Gasteiger partial charge on any atom is 0.145 e. The number of hydrogen-bond donors (Lipinski definition) is 2. The van der Waals surface area contributed by atoms with Crippen LogP contribution in [0.1, 0.15) is 165 Å². The lowest BCUT2D eigenvalue weighted by molar-refractivity contribution is -0.105. The molecule has 2 aromatic carbocycles. The monoisotopic (exact) mass is 673 g/mol. The summed E-state index contributed by atoms with van der Waals surface area (Å²) in [7, 11) is 0. The molecule has 0 unspecified atom stereocenters. The molecule has 0 amide bonds. The Balaban J connectivity index is 0.000000992. The topological polar surface area (TPSA) is 57.5 Å². The lowest BCUT2D eigenvalue weighted by atomic mass is 9.67. The molecule has 0 radical (unpaired) electrons. The van der Waals surface area contributed by atoms with Gasteiger partial charge in [-0.15, -0.1) is 0 Å². The molecule has 274 valence electrons. The molecule has 2 fully saturated rings. The number of carbonyl (C=O) groups is 1. The summed E-state index contributed by atoms with van der Waals surface area (Å²) in [5.41, 5.74) is 7.92. The van der Waals surface area contributed by atoms with Gasteiger partial charge in [-0.1, -0.05) is 121 Å². The fraction of sp³-hybridized carbons (Fsp3) is 0.674. The van der Waals surface area contributed by atoms with Crippen molar-refractivity contribution in [3.63, 3.8) is 0 Å². The number of aldehydes is 1. The number of carbonyl (C=O) groups excluding carboxylic acids is 1. The average molecular weight is 673 g/mol. The zero-order valence-corrected chi connectivity index (χ0v) is 31.8. The minimum absolute atomic E-state index is 0.222. The molecule has 0 saturated heterocycles. The van der Waals surface area contributed by atoms with Crippen molar-refractivity contribution < 1.29 is 15.0 Å². The molecule has 0 atom stereocenters. The van der Waals surface area contributed by atoms with Crippen LogP contribution in [-0.2, 0) is 17.6 Å². The molecule has 2 aromatic rings. The third-order valence-corrected chi connectivity index (χ3v) is 12.1. The van der Waals surface area contributed by atoms with Crippen LogP contribution in [0.15, 0.2) is 54.6 Å². The quantitative estimate of drug-likeness (QED) is 0.0836. The molecule has 2 saturated carbocycles. The number of unbranched alkanes of at least 4 members (excludes halogenated alkanes) is 4. The summed E-state index contributed by atoms with van der Waals surface area (Å²) in [6.07, 6.45) is 27.9. The van der Waals surface area contributed by atoms with Crippen molar-refractivity contribution in [1.29, 1.82) is 0 Å². The first-order valence-corrected chi connectivity index (χ1v) is 20.5. The minimum Gasteiger partial charge on any atom is -0.396 e. The van der Waals surface area contributed by atoms with Gasteiger partial charge < -0.3 is 10.2 Å². The van der Waals surface area contributed by atoms with Gasteiger partial charge in [0.2, 0.25) is 0 Å². The first-order chi connectivity index (χ1) is 24.0. The summed E-state index contributed by atoms with van der Waals surface area (Å²) in [6.45, 7) is 10.4. The van der Waals surface area contributed by atoms with Gasteiger partial charge in [-0.3, -0.25) is 4.79 Å². The van der Waals surface area contributed by atoms with Crippen LogP contribution in [0.4, 0.5) is 0 Å². The molecule has 4 rings (SSSR count). The first kappa shape index (κ1) is 41.2. The molecule has 2 aliphatic carbocycles. The van der Waals surface area contributed by atoms with Crippen LogP contribution in [0.25, 0.3) is 11.1 Å². The number of aliphatic hydroxyl groups excluding tert-OH is 2. The smallest absolute Gasteiger partial charge is 0.145 e. The highest BCUT2D eigenvalue weighted by atomic mass is 16.3. The van der Waals surface area contributed by atoms with E-state index in [0.717, 1.165) is 74.9 Å². The summed E-state index contributed by atoms with van der Waals surface area (Å²) in [5, 5.41) is 18.5. The molecular weight excluding hydrogens is 601 g/mol. The van der Waals surface area contributed by atoms with Gasteiger partial charge in [0.05, 0.1) is 0 Å². The van der Waals surface area contributed by atoms with Gasteiger partial charge in [0.25, 0.3) is 0 Å². The Labute approximate surface area is 301 Å². The van der Waals surface area contributed by atoms with Crippen molar-refractivity contribution in [3.05, 3.63) is 71.3 Å². The van der Waals surface area contributed by atoms with Gasteiger partial charge in [0.15, 0.2) is 0 Å². The van der Waals surface area contributed by atoms with Crippen LogP contribution in [0.3, 0.4) is 0 Å². The van der Waals surface area contributed by atoms with E-state index < -0.39 is 0 Å². The summed E-state index contributed by atoms with van der Waals surface area (Å²) in [6, 6.07) is 16.5. The van der Waals surface area contributed by atoms with Gasteiger partial charge in [-0.05, 0) is 146 Å². The molecule has 0 heterocycles. The molecule has 0 bridgehead atoms. The van der Waals surface area contributed by atoms with E-state index in [1.165, 1.54) is 107 Å². The Hall–Kier alpha value is -2.23. The summed E-state index contributed by atoms with van der Waals surface area (Å²) in [4.78, 5) is 9.64. The second-order valence-electron chi connectivity index (χ2n) is 15.5. The van der Waals surface area contributed by atoms with Crippen LogP contribution < -0.4 is 0 Å². The molecule has 3 nitrogen and oxygen atoms in total. The van der Waals surface area contributed by atoms with E-state index in [4.69, 9.17) is 0 Å². The van der Waals surface area contributed by atoms with E-state index in [2.05, 4.69) is 62.9 Å². The van der Waals surface area contributed by atoms with E-state index >= 15 is 0 Å². The van der Waals surface area contributed by atoms with E-state index in [0.29, 0.717) is 11.5 Å². The highest BCUT2D eigenvalue weighted by Gasteiger charge is 2.31. The molecule has 49 heavy (non-hydrogen) atoms. The number of hydrogen-bond acceptors (Lipinski definition) is 3. The van der Waals surface area contributed by atoms with Crippen molar-refractivity contribution in [2.45, 2.75) is 162 Å². The molecule has 3 heteroatoms. The largest absolute Gasteiger partial charge is 0.396 e. The summed E-state index contributed by atoms with van der Waals surface area (Å²) < 4.78 is 0. The van der Waals surface area contributed by atoms with E-state index in [1.54, 1.807) is 11.1 Å². The van der Waals surface area contributed by atoms with Gasteiger partial charge in [-0.2, -0.15) is 0 Å². The van der Waals surface area contributed by atoms with E-state index in [9.17, 15) is 15.0 Å². The highest BCUT2D eigenvalue weighted by Crippen LogP contribution is 2.45. The molecule has 0 spiro atoms. The first-order valence-electron chi connectivity index (χ1n) is 20.5. The predicted molar refractivity (Wildman–Crippen MR) is 210 cm³/mol. The lowest BCUT2D eigenvalue weighted by Gasteiger charge is -2.38. The Morgan fingerprint density at radius 1 is 0.755 bits per heavy atom. The minimum atomic E-state index is 0.222. The number of benzene rings is 2. The highest BCUT2D eigenvalue weighted by molar-refractivity contribution is 5.71. The molecule has 2 N–H and O–H groups in total. The fourth-order valence-electron chi connectivity index (χ4n) is 8.72. The Bertz CT molecular complexity index is 1160. The zero-order chi connectivity index (χ0) is 35.3. The number of allylic oxidation sites excluding steroid dienone is 1. The predicted octanol–water partition coefficient (Wildman–Crippen LogP) is 12.2. The maximum absolute atomic E-state index is 9.64. The van der Waals surface area contributed by atoms with Crippen LogP contribution in [0.5, 0.6) is 0 Å². The van der Waals surface area contributed by atoms with Crippen molar-refractivity contribution in [2.24, 2.45) is 23.7 Å². The SMILES string of the molecule is C=C(C=O)CC.CCCCCCCC1CCC(C2CCC(c3ccc(-c4ccc(CCCC(CCO)CCO)cc4)cc3CC)CC2)CC1. The number of rotatable bonds is 20. The van der Waals surface area contributed by atoms with Crippen LogP contribution in [-0.4, -0.2) is 29.7 Å². The standard InChI is InChI=1S/C41H64O2.C5H8O/c1-3-5-6-7-8-10-32-13-17-36(18-14-32)37-21-23-39(24-22-37)41-26-25-40(31-35(41)4-2)38-19-15-33(16-20-38)11-9-12-34(27-29-42)28-30-43;1-3-5(2)4-6/h15-16,19-20,25-26,31-32,34,36-37,39,42-43H,3-14,17-18,21-24,27-30H2,1-2H3;4H,2-3H2,1H3. The van der Waals surface area contributed by atoms with Gasteiger partial charge in [0.1, 0.15) is 6.29 Å². The second kappa shape index (κ2) is 24.0. The van der Waals surface area contributed by atoms with E-state index in [-0.39, 0.29) is 13.2 Å². The lowest BCUT2D eigenvalue weighted by Crippen LogP contribution is -2.25. The molecular formula is C46H72O3.